The summed E-state index contributed by atoms with van der Waals surface area (Å²) in [5.41, 5.74) is 1.49. The number of guanidine groups is 1. The van der Waals surface area contributed by atoms with Crippen LogP contribution in [0.3, 0.4) is 0 Å². The fraction of sp³-hybridized carbons (Fsp3) is 0.588. The van der Waals surface area contributed by atoms with Crippen molar-refractivity contribution in [2.24, 2.45) is 10.4 Å². The normalized spacial score (nSPS) is 19.2. The highest BCUT2D eigenvalue weighted by molar-refractivity contribution is 7.84. The number of aliphatic imine (C=N–C) groups is 1. The van der Waals surface area contributed by atoms with E-state index < -0.39 is 10.8 Å². The monoisotopic (exact) mass is 321 g/mol. The van der Waals surface area contributed by atoms with Gasteiger partial charge in [0.05, 0.1) is 0 Å². The Morgan fingerprint density at radius 1 is 1.36 bits per heavy atom. The van der Waals surface area contributed by atoms with Crippen molar-refractivity contribution >= 4 is 16.8 Å². The standard InChI is InChI=1S/C17H27N3OS/c1-17(2)9-11-20(14-17)16(18-3)19-10-12-22(21)13-15-7-5-4-6-8-15/h4-8H,9-14H2,1-3H3,(H,18,19). The summed E-state index contributed by atoms with van der Waals surface area (Å²) in [5, 5.41) is 3.35. The first kappa shape index (κ1) is 17.0. The summed E-state index contributed by atoms with van der Waals surface area (Å²) >= 11 is 0. The molecule has 0 amide bonds. The van der Waals surface area contributed by atoms with E-state index in [0.717, 1.165) is 24.6 Å². The first-order valence-corrected chi connectivity index (χ1v) is 9.33. The predicted octanol–water partition coefficient (Wildman–Crippen LogP) is 2.24. The zero-order valence-corrected chi connectivity index (χ0v) is 14.7. The highest BCUT2D eigenvalue weighted by Crippen LogP contribution is 2.28. The number of nitrogens with one attached hydrogen (secondary N) is 1. The highest BCUT2D eigenvalue weighted by atomic mass is 32.2. The molecule has 0 aromatic heterocycles. The fourth-order valence-electron chi connectivity index (χ4n) is 2.73. The topological polar surface area (TPSA) is 44.7 Å². The molecule has 1 saturated heterocycles. The third kappa shape index (κ3) is 5.13. The minimum atomic E-state index is -0.842. The van der Waals surface area contributed by atoms with E-state index in [1.807, 2.05) is 37.4 Å². The molecular formula is C17H27N3OS. The van der Waals surface area contributed by atoms with Gasteiger partial charge in [-0.3, -0.25) is 9.20 Å². The molecule has 1 N–H and O–H groups in total. The van der Waals surface area contributed by atoms with Gasteiger partial charge in [-0.1, -0.05) is 44.2 Å². The van der Waals surface area contributed by atoms with Crippen LogP contribution in [0.1, 0.15) is 25.8 Å². The Labute approximate surface area is 136 Å². The van der Waals surface area contributed by atoms with Gasteiger partial charge in [-0.25, -0.2) is 0 Å². The zero-order valence-electron chi connectivity index (χ0n) is 13.8. The third-order valence-electron chi connectivity index (χ3n) is 3.97. The van der Waals surface area contributed by atoms with Gasteiger partial charge in [0.15, 0.2) is 5.96 Å². The lowest BCUT2D eigenvalue weighted by Crippen LogP contribution is -2.42. The second-order valence-corrected chi connectivity index (χ2v) is 8.16. The van der Waals surface area contributed by atoms with Crippen LogP contribution >= 0.6 is 0 Å². The summed E-state index contributed by atoms with van der Waals surface area (Å²) in [4.78, 5) is 6.64. The molecule has 1 aromatic carbocycles. The molecule has 122 valence electrons. The maximum Gasteiger partial charge on any atom is 0.193 e. The molecule has 1 aliphatic rings. The molecule has 1 heterocycles. The minimum Gasteiger partial charge on any atom is -0.355 e. The second-order valence-electron chi connectivity index (χ2n) is 6.58. The maximum absolute atomic E-state index is 12.1. The quantitative estimate of drug-likeness (QED) is 0.668. The Balaban J connectivity index is 1.74. The van der Waals surface area contributed by atoms with Gasteiger partial charge in [-0.05, 0) is 17.4 Å². The molecule has 1 unspecified atom stereocenters. The van der Waals surface area contributed by atoms with Crippen LogP contribution in [0.5, 0.6) is 0 Å². The second kappa shape index (κ2) is 7.77. The first-order chi connectivity index (χ1) is 10.5. The van der Waals surface area contributed by atoms with E-state index in [9.17, 15) is 4.21 Å². The van der Waals surface area contributed by atoms with Crippen molar-refractivity contribution in [1.82, 2.24) is 10.2 Å². The number of hydrogen-bond acceptors (Lipinski definition) is 2. The Morgan fingerprint density at radius 2 is 2.09 bits per heavy atom. The zero-order chi connectivity index (χ0) is 16.0. The summed E-state index contributed by atoms with van der Waals surface area (Å²) in [6, 6.07) is 10.0. The first-order valence-electron chi connectivity index (χ1n) is 7.85. The lowest BCUT2D eigenvalue weighted by Gasteiger charge is -2.23. The van der Waals surface area contributed by atoms with Gasteiger partial charge in [-0.15, -0.1) is 0 Å². The molecule has 5 heteroatoms. The largest absolute Gasteiger partial charge is 0.355 e. The van der Waals surface area contributed by atoms with Crippen LogP contribution in [-0.2, 0) is 16.6 Å². The third-order valence-corrected chi connectivity index (χ3v) is 5.29. The molecule has 1 atom stereocenters. The van der Waals surface area contributed by atoms with Crippen molar-refractivity contribution in [3.8, 4) is 0 Å². The van der Waals surface area contributed by atoms with E-state index in [1.54, 1.807) is 0 Å². The van der Waals surface area contributed by atoms with Crippen molar-refractivity contribution in [2.45, 2.75) is 26.0 Å². The Hall–Kier alpha value is -1.36. The van der Waals surface area contributed by atoms with Crippen molar-refractivity contribution < 1.29 is 4.21 Å². The number of likely N-dealkylation sites (tertiary alicyclic amines) is 1. The van der Waals surface area contributed by atoms with Crippen LogP contribution in [0.25, 0.3) is 0 Å². The average molecular weight is 321 g/mol. The molecule has 1 aliphatic heterocycles. The number of nitrogens with zero attached hydrogens (tertiary/aromatic N) is 2. The highest BCUT2D eigenvalue weighted by Gasteiger charge is 2.30. The van der Waals surface area contributed by atoms with Gasteiger partial charge >= 0.3 is 0 Å². The molecule has 0 saturated carbocycles. The molecule has 0 aliphatic carbocycles. The summed E-state index contributed by atoms with van der Waals surface area (Å²) in [7, 11) is 0.972. The molecule has 0 radical (unpaired) electrons. The van der Waals surface area contributed by atoms with Gasteiger partial charge in [0.25, 0.3) is 0 Å². The number of hydrogen-bond donors (Lipinski definition) is 1. The van der Waals surface area contributed by atoms with Crippen LogP contribution in [0.2, 0.25) is 0 Å². The summed E-state index contributed by atoms with van der Waals surface area (Å²) < 4.78 is 12.1. The average Bonchev–Trinajstić information content (AvgIpc) is 2.84. The summed E-state index contributed by atoms with van der Waals surface area (Å²) in [6.45, 7) is 7.34. The lowest BCUT2D eigenvalue weighted by molar-refractivity contribution is 0.370. The molecule has 0 spiro atoms. The smallest absolute Gasteiger partial charge is 0.193 e. The van der Waals surface area contributed by atoms with Crippen molar-refractivity contribution in [1.29, 1.82) is 0 Å². The Kier molecular flexibility index (Phi) is 6.00. The number of rotatable bonds is 5. The van der Waals surface area contributed by atoms with Crippen LogP contribution in [0, 0.1) is 5.41 Å². The molecular weight excluding hydrogens is 294 g/mol. The molecule has 4 nitrogen and oxygen atoms in total. The predicted molar refractivity (Wildman–Crippen MR) is 94.5 cm³/mol. The van der Waals surface area contributed by atoms with Crippen LogP contribution in [0.15, 0.2) is 35.3 Å². The summed E-state index contributed by atoms with van der Waals surface area (Å²) in [5.74, 6) is 2.20. The maximum atomic E-state index is 12.1. The van der Waals surface area contributed by atoms with E-state index in [1.165, 1.54) is 6.42 Å². The Morgan fingerprint density at radius 3 is 2.68 bits per heavy atom. The van der Waals surface area contributed by atoms with Crippen molar-refractivity contribution in [3.05, 3.63) is 35.9 Å². The van der Waals surface area contributed by atoms with Gasteiger partial charge in [0.1, 0.15) is 0 Å². The molecule has 2 rings (SSSR count). The lowest BCUT2D eigenvalue weighted by atomic mass is 9.93. The van der Waals surface area contributed by atoms with Crippen LogP contribution in [-0.4, -0.2) is 47.5 Å². The molecule has 1 aromatic rings. The van der Waals surface area contributed by atoms with Crippen molar-refractivity contribution in [3.63, 3.8) is 0 Å². The van der Waals surface area contributed by atoms with E-state index >= 15 is 0 Å². The summed E-state index contributed by atoms with van der Waals surface area (Å²) in [6.07, 6.45) is 1.19. The van der Waals surface area contributed by atoms with E-state index in [4.69, 9.17) is 0 Å². The Bertz CT molecular complexity index is 528. The van der Waals surface area contributed by atoms with Gasteiger partial charge in [-0.2, -0.15) is 0 Å². The van der Waals surface area contributed by atoms with Gasteiger partial charge in [0.2, 0.25) is 0 Å². The van der Waals surface area contributed by atoms with Crippen LogP contribution in [0.4, 0.5) is 0 Å². The SMILES string of the molecule is CN=C(NCCS(=O)Cc1ccccc1)N1CCC(C)(C)C1. The molecule has 0 bridgehead atoms. The fourth-order valence-corrected chi connectivity index (χ4v) is 3.77. The van der Waals surface area contributed by atoms with Gasteiger partial charge in [0, 0.05) is 49.0 Å². The van der Waals surface area contributed by atoms with E-state index in [-0.39, 0.29) is 0 Å². The minimum absolute atomic E-state index is 0.355. The molecule has 22 heavy (non-hydrogen) atoms. The van der Waals surface area contributed by atoms with Gasteiger partial charge < -0.3 is 10.2 Å². The van der Waals surface area contributed by atoms with E-state index in [2.05, 4.69) is 29.1 Å². The van der Waals surface area contributed by atoms with E-state index in [0.29, 0.717) is 23.5 Å². The number of benzene rings is 1. The van der Waals surface area contributed by atoms with Crippen molar-refractivity contribution in [2.75, 3.05) is 32.4 Å². The van der Waals surface area contributed by atoms with Crippen LogP contribution < -0.4 is 5.32 Å². The molecule has 1 fully saturated rings.